The Morgan fingerprint density at radius 3 is 2.80 bits per heavy atom. The lowest BCUT2D eigenvalue weighted by molar-refractivity contribution is -0.129. The molecule has 0 unspecified atom stereocenters. The number of ether oxygens (including phenoxy) is 1. The molecule has 0 aliphatic carbocycles. The van der Waals surface area contributed by atoms with Crippen LogP contribution in [0.5, 0.6) is 0 Å². The van der Waals surface area contributed by atoms with Crippen LogP contribution in [0, 0.1) is 5.92 Å². The van der Waals surface area contributed by atoms with Gasteiger partial charge in [-0.2, -0.15) is 0 Å². The van der Waals surface area contributed by atoms with E-state index in [1.165, 1.54) is 0 Å². The van der Waals surface area contributed by atoms with E-state index < -0.39 is 0 Å². The van der Waals surface area contributed by atoms with Gasteiger partial charge in [0.15, 0.2) is 0 Å². The maximum absolute atomic E-state index is 12.3. The van der Waals surface area contributed by atoms with Crippen LogP contribution in [0.15, 0.2) is 24.3 Å². The fourth-order valence-electron chi connectivity index (χ4n) is 2.79. The zero-order chi connectivity index (χ0) is 13.9. The van der Waals surface area contributed by atoms with Gasteiger partial charge in [0.1, 0.15) is 0 Å². The minimum absolute atomic E-state index is 0.000833. The zero-order valence-corrected chi connectivity index (χ0v) is 11.2. The van der Waals surface area contributed by atoms with Crippen molar-refractivity contribution < 1.29 is 14.3 Å². The van der Waals surface area contributed by atoms with Gasteiger partial charge in [-0.05, 0) is 24.5 Å². The first-order valence-electron chi connectivity index (χ1n) is 7.01. The Morgan fingerprint density at radius 2 is 2.00 bits per heavy atom. The molecule has 2 heterocycles. The molecule has 5 nitrogen and oxygen atoms in total. The van der Waals surface area contributed by atoms with Gasteiger partial charge in [-0.1, -0.05) is 18.2 Å². The van der Waals surface area contributed by atoms with Crippen molar-refractivity contribution in [3.63, 3.8) is 0 Å². The predicted molar refractivity (Wildman–Crippen MR) is 74.1 cm³/mol. The quantitative estimate of drug-likeness (QED) is 0.861. The monoisotopic (exact) mass is 274 g/mol. The van der Waals surface area contributed by atoms with Crippen molar-refractivity contribution >= 4 is 17.5 Å². The smallest absolute Gasteiger partial charge is 0.226 e. The summed E-state index contributed by atoms with van der Waals surface area (Å²) in [6.07, 6.45) is 1.81. The van der Waals surface area contributed by atoms with E-state index in [4.69, 9.17) is 4.74 Å². The second-order valence-corrected chi connectivity index (χ2v) is 5.29. The number of amides is 2. The van der Waals surface area contributed by atoms with Gasteiger partial charge in [-0.3, -0.25) is 9.59 Å². The molecule has 3 rings (SSSR count). The summed E-state index contributed by atoms with van der Waals surface area (Å²) in [7, 11) is 0. The van der Waals surface area contributed by atoms with Gasteiger partial charge < -0.3 is 15.4 Å². The van der Waals surface area contributed by atoms with Gasteiger partial charge >= 0.3 is 0 Å². The average molecular weight is 274 g/mol. The molecule has 1 saturated heterocycles. The summed E-state index contributed by atoms with van der Waals surface area (Å²) >= 11 is 0. The summed E-state index contributed by atoms with van der Waals surface area (Å²) in [6.45, 7) is 1.28. The number of nitrogens with one attached hydrogen (secondary N) is 2. The highest BCUT2D eigenvalue weighted by molar-refractivity contribution is 5.95. The van der Waals surface area contributed by atoms with Crippen LogP contribution in [0.2, 0.25) is 0 Å². The SMILES string of the molecule is O=C1C[C@H](NC(=O)C2CCOCC2)c2ccccc2N1. The number of carbonyl (C=O) groups is 2. The Kier molecular flexibility index (Phi) is 3.69. The summed E-state index contributed by atoms with van der Waals surface area (Å²) < 4.78 is 5.27. The molecule has 0 aromatic heterocycles. The van der Waals surface area contributed by atoms with Crippen molar-refractivity contribution in [1.29, 1.82) is 0 Å². The molecule has 2 amide bonds. The highest BCUT2D eigenvalue weighted by Crippen LogP contribution is 2.30. The normalized spacial score (nSPS) is 22.8. The van der Waals surface area contributed by atoms with Gasteiger partial charge in [-0.25, -0.2) is 0 Å². The second kappa shape index (κ2) is 5.63. The molecule has 20 heavy (non-hydrogen) atoms. The average Bonchev–Trinajstić information content (AvgIpc) is 2.48. The maximum Gasteiger partial charge on any atom is 0.226 e. The molecule has 1 fully saturated rings. The summed E-state index contributed by atoms with van der Waals surface area (Å²) in [6, 6.07) is 7.38. The largest absolute Gasteiger partial charge is 0.381 e. The molecule has 0 saturated carbocycles. The van der Waals surface area contributed by atoms with Crippen molar-refractivity contribution in [2.45, 2.75) is 25.3 Å². The van der Waals surface area contributed by atoms with Gasteiger partial charge in [0.2, 0.25) is 11.8 Å². The van der Waals surface area contributed by atoms with E-state index in [0.717, 1.165) is 24.1 Å². The van der Waals surface area contributed by atoms with Gasteiger partial charge in [-0.15, -0.1) is 0 Å². The number of para-hydroxylation sites is 1. The van der Waals surface area contributed by atoms with E-state index in [1.807, 2.05) is 24.3 Å². The van der Waals surface area contributed by atoms with Crippen molar-refractivity contribution in [1.82, 2.24) is 5.32 Å². The number of carbonyl (C=O) groups excluding carboxylic acids is 2. The van der Waals surface area contributed by atoms with Crippen LogP contribution in [0.1, 0.15) is 30.9 Å². The third kappa shape index (κ3) is 2.67. The molecule has 0 radical (unpaired) electrons. The minimum Gasteiger partial charge on any atom is -0.381 e. The highest BCUT2D eigenvalue weighted by Gasteiger charge is 2.29. The maximum atomic E-state index is 12.3. The zero-order valence-electron chi connectivity index (χ0n) is 11.2. The number of fused-ring (bicyclic) bond motifs is 1. The number of hydrogen-bond acceptors (Lipinski definition) is 3. The van der Waals surface area contributed by atoms with Crippen LogP contribution in [-0.2, 0) is 14.3 Å². The standard InChI is InChI=1S/C15H18N2O3/c18-14-9-13(11-3-1-2-4-12(11)16-14)17-15(19)10-5-7-20-8-6-10/h1-4,10,13H,5-9H2,(H,16,18)(H,17,19)/t13-/m0/s1. The topological polar surface area (TPSA) is 67.4 Å². The predicted octanol–water partition coefficient (Wildman–Crippen LogP) is 1.61. The Morgan fingerprint density at radius 1 is 1.25 bits per heavy atom. The number of hydrogen-bond donors (Lipinski definition) is 2. The Labute approximate surface area is 117 Å². The Hall–Kier alpha value is -1.88. The fourth-order valence-corrected chi connectivity index (χ4v) is 2.79. The fraction of sp³-hybridized carbons (Fsp3) is 0.467. The highest BCUT2D eigenvalue weighted by atomic mass is 16.5. The van der Waals surface area contributed by atoms with E-state index in [0.29, 0.717) is 19.6 Å². The molecule has 0 bridgehead atoms. The minimum atomic E-state index is -0.227. The molecule has 1 aromatic rings. The van der Waals surface area contributed by atoms with Crippen molar-refractivity contribution in [3.05, 3.63) is 29.8 Å². The number of benzene rings is 1. The third-order valence-electron chi connectivity index (χ3n) is 3.91. The van der Waals surface area contributed by atoms with Gasteiger partial charge in [0.25, 0.3) is 0 Å². The first-order chi connectivity index (χ1) is 9.74. The van der Waals surface area contributed by atoms with E-state index in [9.17, 15) is 9.59 Å². The van der Waals surface area contributed by atoms with E-state index >= 15 is 0 Å². The summed E-state index contributed by atoms with van der Waals surface area (Å²) in [5, 5.41) is 5.85. The first-order valence-corrected chi connectivity index (χ1v) is 7.01. The molecule has 106 valence electrons. The lowest BCUT2D eigenvalue weighted by atomic mass is 9.94. The molecule has 1 atom stereocenters. The lowest BCUT2D eigenvalue weighted by Gasteiger charge is -2.29. The van der Waals surface area contributed by atoms with Crippen molar-refractivity contribution in [2.75, 3.05) is 18.5 Å². The number of rotatable bonds is 2. The molecule has 2 aliphatic heterocycles. The van der Waals surface area contributed by atoms with Crippen LogP contribution in [0.25, 0.3) is 0 Å². The molecule has 1 aromatic carbocycles. The Balaban J connectivity index is 1.73. The molecule has 2 N–H and O–H groups in total. The molecular weight excluding hydrogens is 256 g/mol. The molecule has 2 aliphatic rings. The van der Waals surface area contributed by atoms with E-state index in [1.54, 1.807) is 0 Å². The molecular formula is C15H18N2O3. The third-order valence-corrected chi connectivity index (χ3v) is 3.91. The van der Waals surface area contributed by atoms with Gasteiger partial charge in [0.05, 0.1) is 12.5 Å². The first kappa shape index (κ1) is 13.1. The van der Waals surface area contributed by atoms with Crippen LogP contribution in [-0.4, -0.2) is 25.0 Å². The van der Waals surface area contributed by atoms with Crippen LogP contribution >= 0.6 is 0 Å². The number of anilines is 1. The lowest BCUT2D eigenvalue weighted by Crippen LogP contribution is -2.39. The Bertz CT molecular complexity index is 524. The summed E-state index contributed by atoms with van der Waals surface area (Å²) in [4.78, 5) is 24.0. The summed E-state index contributed by atoms with van der Waals surface area (Å²) in [5.41, 5.74) is 1.77. The van der Waals surface area contributed by atoms with Crippen LogP contribution in [0.3, 0.4) is 0 Å². The van der Waals surface area contributed by atoms with E-state index in [-0.39, 0.29) is 23.8 Å². The molecule has 5 heteroatoms. The van der Waals surface area contributed by atoms with Crippen LogP contribution in [0.4, 0.5) is 5.69 Å². The van der Waals surface area contributed by atoms with Crippen molar-refractivity contribution in [3.8, 4) is 0 Å². The molecule has 0 spiro atoms. The summed E-state index contributed by atoms with van der Waals surface area (Å²) in [5.74, 6) is -0.0234. The van der Waals surface area contributed by atoms with Crippen molar-refractivity contribution in [2.24, 2.45) is 5.92 Å². The van der Waals surface area contributed by atoms with Gasteiger partial charge in [0, 0.05) is 24.8 Å². The van der Waals surface area contributed by atoms with E-state index in [2.05, 4.69) is 10.6 Å². The van der Waals surface area contributed by atoms with Crippen LogP contribution < -0.4 is 10.6 Å². The second-order valence-electron chi connectivity index (χ2n) is 5.29.